The third-order valence-corrected chi connectivity index (χ3v) is 10.6. The molecule has 9 amide bonds. The van der Waals surface area contributed by atoms with Gasteiger partial charge in [0, 0.05) is 25.8 Å². The number of aliphatic imine (C=N–C) groups is 1. The predicted molar refractivity (Wildman–Crippen MR) is 257 cm³/mol. The van der Waals surface area contributed by atoms with Gasteiger partial charge in [-0.05, 0) is 97.6 Å². The van der Waals surface area contributed by atoms with E-state index in [1.54, 1.807) is 0 Å². The van der Waals surface area contributed by atoms with Crippen molar-refractivity contribution in [1.29, 1.82) is 0 Å². The topological polar surface area (TPSA) is 550 Å². The number of primary amides is 1. The van der Waals surface area contributed by atoms with Crippen LogP contribution in [0.3, 0.4) is 0 Å². The number of amides is 9. The number of hydrogen-bond donors (Lipinski definition) is 18. The molecule has 0 unspecified atom stereocenters. The molecule has 414 valence electrons. The van der Waals surface area contributed by atoms with Crippen LogP contribution in [0.25, 0.3) is 0 Å². The van der Waals surface area contributed by atoms with Crippen LogP contribution in [0, 0.1) is 0 Å². The van der Waals surface area contributed by atoms with Crippen molar-refractivity contribution in [3.05, 3.63) is 0 Å². The summed E-state index contributed by atoms with van der Waals surface area (Å²) in [6.45, 7) is 2.03. The Labute approximate surface area is 420 Å². The van der Waals surface area contributed by atoms with Gasteiger partial charge >= 0.3 is 17.9 Å². The first-order chi connectivity index (χ1) is 34.2. The zero-order valence-electron chi connectivity index (χ0n) is 41.0. The molecule has 0 bridgehead atoms. The second-order valence-corrected chi connectivity index (χ2v) is 16.9. The van der Waals surface area contributed by atoms with E-state index in [2.05, 4.69) is 47.5 Å². The number of hydrogen-bond acceptors (Lipinski definition) is 17. The van der Waals surface area contributed by atoms with Crippen molar-refractivity contribution in [3.8, 4) is 0 Å². The van der Waals surface area contributed by atoms with Crippen molar-refractivity contribution in [2.75, 3.05) is 26.2 Å². The fraction of sp³-hybridized carbons (Fsp3) is 0.690. The summed E-state index contributed by atoms with van der Waals surface area (Å²) in [4.78, 5) is 157. The predicted octanol–water partition coefficient (Wildman–Crippen LogP) is -7.38. The van der Waals surface area contributed by atoms with E-state index < -0.39 is 164 Å². The summed E-state index contributed by atoms with van der Waals surface area (Å²) in [6, 6.07) is -12.2. The van der Waals surface area contributed by atoms with E-state index in [0.29, 0.717) is 19.3 Å². The van der Waals surface area contributed by atoms with Crippen LogP contribution in [0.5, 0.6) is 0 Å². The van der Waals surface area contributed by atoms with Gasteiger partial charge in [0.2, 0.25) is 53.2 Å². The molecule has 24 N–H and O–H groups in total. The molecule has 0 aliphatic heterocycles. The lowest BCUT2D eigenvalue weighted by Crippen LogP contribution is -2.62. The summed E-state index contributed by atoms with van der Waals surface area (Å²) in [5.74, 6) is -13.3. The smallest absolute Gasteiger partial charge is 0.322 e. The molecule has 31 heteroatoms. The van der Waals surface area contributed by atoms with Crippen molar-refractivity contribution < 1.29 is 78.0 Å². The SMILES string of the molecule is C[C@H](NC(=O)[C@H](CCCCN)NC(=O)[C@H](CCC(N)=O)NC(=O)[C@@H](NC(=O)[C@H](CCC(=O)O)NC(=O)[C@H](CCCN=C(N)N)NC(=O)[C@@H](N)CCC(=O)O)[C@@H](C)O)C(=O)N[C@@H](CCCCN)C(=O)NCC(=O)O. The maximum atomic E-state index is 13.9. The Bertz CT molecular complexity index is 1920. The highest BCUT2D eigenvalue weighted by molar-refractivity contribution is 5.98. The molecule has 0 aliphatic rings. The van der Waals surface area contributed by atoms with E-state index in [9.17, 15) is 67.7 Å². The molecule has 0 aromatic rings. The number of carbonyl (C=O) groups is 12. The monoisotopic (exact) mass is 1050 g/mol. The summed E-state index contributed by atoms with van der Waals surface area (Å²) in [5, 5.41) is 56.8. The fourth-order valence-electron chi connectivity index (χ4n) is 6.50. The van der Waals surface area contributed by atoms with Gasteiger partial charge in [-0.25, -0.2) is 0 Å². The molecule has 0 aromatic carbocycles. The number of carboxylic acids is 3. The van der Waals surface area contributed by atoms with Gasteiger partial charge in [-0.15, -0.1) is 0 Å². The van der Waals surface area contributed by atoms with Crippen molar-refractivity contribution >= 4 is 77.0 Å². The number of carbonyl (C=O) groups excluding carboxylic acids is 9. The Kier molecular flexibility index (Phi) is 32.2. The first kappa shape index (κ1) is 65.8. The lowest BCUT2D eigenvalue weighted by Gasteiger charge is -2.28. The molecular weight excluding hydrogens is 971 g/mol. The van der Waals surface area contributed by atoms with Gasteiger partial charge < -0.3 is 97.4 Å². The lowest BCUT2D eigenvalue weighted by molar-refractivity contribution is -0.139. The third-order valence-electron chi connectivity index (χ3n) is 10.6. The van der Waals surface area contributed by atoms with Crippen LogP contribution >= 0.6 is 0 Å². The number of unbranched alkanes of at least 4 members (excludes halogenated alkanes) is 2. The summed E-state index contributed by atoms with van der Waals surface area (Å²) >= 11 is 0. The van der Waals surface area contributed by atoms with E-state index in [0.717, 1.165) is 6.92 Å². The van der Waals surface area contributed by atoms with Gasteiger partial charge in [0.15, 0.2) is 5.96 Å². The number of guanidine groups is 1. The van der Waals surface area contributed by atoms with Gasteiger partial charge in [0.05, 0.1) is 12.1 Å². The van der Waals surface area contributed by atoms with E-state index in [1.165, 1.54) is 6.92 Å². The molecule has 0 saturated heterocycles. The third kappa shape index (κ3) is 29.0. The lowest BCUT2D eigenvalue weighted by atomic mass is 10.0. The van der Waals surface area contributed by atoms with Crippen LogP contribution in [0.15, 0.2) is 4.99 Å². The van der Waals surface area contributed by atoms with Crippen LogP contribution in [0.2, 0.25) is 0 Å². The number of nitrogens with one attached hydrogen (secondary N) is 8. The maximum Gasteiger partial charge on any atom is 0.322 e. The summed E-state index contributed by atoms with van der Waals surface area (Å²) in [5.41, 5.74) is 33.0. The molecular formula is C42H75N15O16. The molecule has 0 aromatic heterocycles. The summed E-state index contributed by atoms with van der Waals surface area (Å²) < 4.78 is 0. The molecule has 0 fully saturated rings. The van der Waals surface area contributed by atoms with Gasteiger partial charge in [-0.2, -0.15) is 0 Å². The first-order valence-corrected chi connectivity index (χ1v) is 23.5. The number of nitrogens with two attached hydrogens (primary N) is 6. The summed E-state index contributed by atoms with van der Waals surface area (Å²) in [6.07, 6.45) is -3.55. The number of nitrogens with zero attached hydrogens (tertiary/aromatic N) is 1. The number of rotatable bonds is 39. The zero-order valence-corrected chi connectivity index (χ0v) is 41.0. The Balaban J connectivity index is 6.57. The highest BCUT2D eigenvalue weighted by Gasteiger charge is 2.35. The quantitative estimate of drug-likeness (QED) is 0.0154. The van der Waals surface area contributed by atoms with E-state index in [4.69, 9.17) is 44.6 Å². The average Bonchev–Trinajstić information content (AvgIpc) is 3.31. The zero-order chi connectivity index (χ0) is 55.8. The second kappa shape index (κ2) is 35.8. The molecule has 0 aliphatic carbocycles. The van der Waals surface area contributed by atoms with Crippen LogP contribution in [-0.2, 0) is 57.5 Å². The number of aliphatic hydroxyl groups excluding tert-OH is 1. The highest BCUT2D eigenvalue weighted by Crippen LogP contribution is 2.10. The Morgan fingerprint density at radius 2 is 0.877 bits per heavy atom. The molecule has 73 heavy (non-hydrogen) atoms. The van der Waals surface area contributed by atoms with Crippen molar-refractivity contribution in [3.63, 3.8) is 0 Å². The minimum atomic E-state index is -1.95. The van der Waals surface area contributed by atoms with Crippen molar-refractivity contribution in [1.82, 2.24) is 42.5 Å². The molecule has 0 rings (SSSR count). The number of aliphatic hydroxyl groups is 1. The van der Waals surface area contributed by atoms with Gasteiger partial charge in [0.25, 0.3) is 0 Å². The Hall–Kier alpha value is -7.25. The van der Waals surface area contributed by atoms with Crippen LogP contribution in [-0.4, -0.2) is 178 Å². The minimum Gasteiger partial charge on any atom is -0.481 e. The van der Waals surface area contributed by atoms with Crippen LogP contribution in [0.4, 0.5) is 0 Å². The molecule has 0 heterocycles. The summed E-state index contributed by atoms with van der Waals surface area (Å²) in [7, 11) is 0. The number of carboxylic acid groups (broad SMARTS) is 3. The fourth-order valence-corrected chi connectivity index (χ4v) is 6.50. The van der Waals surface area contributed by atoms with E-state index in [1.807, 2.05) is 0 Å². The molecule has 0 saturated carbocycles. The maximum absolute atomic E-state index is 13.9. The van der Waals surface area contributed by atoms with E-state index >= 15 is 0 Å². The van der Waals surface area contributed by atoms with Crippen molar-refractivity contribution in [2.24, 2.45) is 39.4 Å². The van der Waals surface area contributed by atoms with E-state index in [-0.39, 0.29) is 64.1 Å². The first-order valence-electron chi connectivity index (χ1n) is 23.5. The average molecular weight is 1050 g/mol. The van der Waals surface area contributed by atoms with Crippen molar-refractivity contribution in [2.45, 2.75) is 158 Å². The minimum absolute atomic E-state index is 0.0290. The molecule has 9 atom stereocenters. The Morgan fingerprint density at radius 3 is 1.34 bits per heavy atom. The highest BCUT2D eigenvalue weighted by atomic mass is 16.4. The largest absolute Gasteiger partial charge is 0.481 e. The normalized spacial score (nSPS) is 14.5. The van der Waals surface area contributed by atoms with Crippen LogP contribution in [0.1, 0.15) is 104 Å². The molecule has 0 radical (unpaired) electrons. The standard InChI is InChI=1S/C42H75N15O16/c1-21(34(66)52-24(8-3-5-17-43)36(68)50-20-32(64)65)51-37(69)25(9-4-6-18-44)54-39(71)27(12-14-29(46)59)56-41(73)33(22(2)58)57-40(72)28(13-16-31(62)63)55-38(70)26(10-7-19-49-42(47)48)53-35(67)23(45)11-15-30(60)61/h21-28,33,58H,3-20,43-45H2,1-2H3,(H2,46,59)(H,50,68)(H,51,69)(H,52,66)(H,53,67)(H,54,71)(H,55,70)(H,56,73)(H,57,72)(H,60,61)(H,62,63)(H,64,65)(H4,47,48,49)/t21-,22+,23-,24-,25-,26-,27-,28-,33-/m0/s1. The molecule has 31 nitrogen and oxygen atoms in total. The molecule has 0 spiro atoms. The number of aliphatic carboxylic acids is 3. The van der Waals surface area contributed by atoms with Gasteiger partial charge in [-0.3, -0.25) is 62.5 Å². The van der Waals surface area contributed by atoms with Gasteiger partial charge in [0.1, 0.15) is 48.8 Å². The van der Waals surface area contributed by atoms with Crippen LogP contribution < -0.4 is 76.9 Å². The van der Waals surface area contributed by atoms with Gasteiger partial charge in [-0.1, -0.05) is 0 Å². The second-order valence-electron chi connectivity index (χ2n) is 16.9. The Morgan fingerprint density at radius 1 is 0.466 bits per heavy atom.